The second-order valence-electron chi connectivity index (χ2n) is 16.6. The zero-order valence-corrected chi connectivity index (χ0v) is 41.1. The van der Waals surface area contributed by atoms with Crippen molar-refractivity contribution in [2.75, 3.05) is 0 Å². The van der Waals surface area contributed by atoms with Crippen LogP contribution in [0.15, 0.2) is 70.6 Å². The van der Waals surface area contributed by atoms with Crippen LogP contribution in [0.25, 0.3) is 0 Å². The smallest absolute Gasteiger partial charge is 0.545 e. The Morgan fingerprint density at radius 3 is 1.02 bits per heavy atom. The van der Waals surface area contributed by atoms with Gasteiger partial charge in [-0.15, -0.1) is 0 Å². The van der Waals surface area contributed by atoms with Crippen molar-refractivity contribution >= 4 is 34.7 Å². The van der Waals surface area contributed by atoms with Crippen LogP contribution >= 0.6 is 0 Å². The number of nitrogens with zero attached hydrogens (tertiary/aromatic N) is 2. The summed E-state index contributed by atoms with van der Waals surface area (Å²) in [5.74, 6) is -5.20. The molecule has 0 fully saturated rings. The number of aromatic hydroxyl groups is 4. The van der Waals surface area contributed by atoms with Crippen LogP contribution in [0.2, 0.25) is 0 Å². The number of phenolic OH excluding ortho intramolecular Hbond substituents is 2. The largest absolute Gasteiger partial charge is 2.00 e. The van der Waals surface area contributed by atoms with E-state index in [9.17, 15) is 19.8 Å². The summed E-state index contributed by atoms with van der Waals surface area (Å²) in [6.07, 6.45) is 21.2. The number of carbonyl (C=O) groups excluding carboxylic acids is 2. The number of aliphatic imine (C=N–C) groups is 2. The van der Waals surface area contributed by atoms with Gasteiger partial charge in [0.05, 0.1) is 34.7 Å². The molecule has 0 amide bonds. The number of hydrogen-bond donors (Lipinski definition) is 4. The second-order valence-corrected chi connectivity index (χ2v) is 16.6. The number of carboxylic acids is 2. The number of carbonyl (C=O) groups is 2. The fourth-order valence-corrected chi connectivity index (χ4v) is 7.50. The molecule has 0 atom stereocenters. The third kappa shape index (κ3) is 20.3. The summed E-state index contributed by atoms with van der Waals surface area (Å²) in [4.78, 5) is 31.7. The first-order valence-electron chi connectivity index (χ1n) is 23.5. The van der Waals surface area contributed by atoms with Crippen LogP contribution in [0, 0.1) is 13.8 Å². The average molecular weight is 938 g/mol. The predicted octanol–water partition coefficient (Wildman–Crippen LogP) is 11.8. The van der Waals surface area contributed by atoms with Gasteiger partial charge in [0.1, 0.15) is 0 Å². The van der Waals surface area contributed by atoms with E-state index in [1.165, 1.54) is 149 Å². The Hall–Kier alpha value is -5.15. The third-order valence-corrected chi connectivity index (χ3v) is 10.8. The van der Waals surface area contributed by atoms with Crippen LogP contribution < -0.4 is 10.2 Å². The van der Waals surface area contributed by atoms with Crippen molar-refractivity contribution in [3.8, 4) is 23.0 Å². The Bertz CT molecular complexity index is 1950. The molecule has 0 bridgehead atoms. The average Bonchev–Trinajstić information content (AvgIpc) is 3.24. The zero-order valence-electron chi connectivity index (χ0n) is 40.1. The third-order valence-electron chi connectivity index (χ3n) is 10.8. The van der Waals surface area contributed by atoms with Gasteiger partial charge in [-0.3, -0.25) is 9.98 Å². The first kappa shape index (κ1) is 57.9. The Labute approximate surface area is 398 Å². The topological polar surface area (TPSA) is 186 Å². The number of rotatable bonds is 23. The summed E-state index contributed by atoms with van der Waals surface area (Å²) in [7, 11) is 0. The first-order valence-corrected chi connectivity index (χ1v) is 23.5. The van der Waals surface area contributed by atoms with E-state index in [1.807, 2.05) is 0 Å². The summed E-state index contributed by atoms with van der Waals surface area (Å²) in [5, 5.41) is 56.8. The van der Waals surface area contributed by atoms with Gasteiger partial charge < -0.3 is 40.2 Å². The fraction of sp³-hybridized carbons (Fsp3) is 0.481. The van der Waals surface area contributed by atoms with Crippen LogP contribution in [0.3, 0.4) is 0 Å². The van der Waals surface area contributed by atoms with Gasteiger partial charge in [0.2, 0.25) is 0 Å². The van der Waals surface area contributed by atoms with E-state index in [0.717, 1.165) is 49.9 Å². The van der Waals surface area contributed by atoms with E-state index in [1.54, 1.807) is 0 Å². The van der Waals surface area contributed by atoms with Crippen LogP contribution in [0.4, 0.5) is 11.4 Å². The van der Waals surface area contributed by atoms with Crippen molar-refractivity contribution in [1.82, 2.24) is 0 Å². The molecule has 0 aromatic heterocycles. The summed E-state index contributed by atoms with van der Waals surface area (Å²) < 4.78 is 0. The van der Waals surface area contributed by atoms with Crippen LogP contribution in [0.1, 0.15) is 186 Å². The van der Waals surface area contributed by atoms with Gasteiger partial charge in [0.25, 0.3) is 0 Å². The van der Waals surface area contributed by atoms with Crippen LogP contribution in [-0.2, 0) is 42.2 Å². The molecule has 0 aliphatic rings. The molecule has 10 nitrogen and oxygen atoms in total. The van der Waals surface area contributed by atoms with Gasteiger partial charge in [-0.1, -0.05) is 130 Å². The predicted molar refractivity (Wildman–Crippen MR) is 258 cm³/mol. The van der Waals surface area contributed by atoms with Crippen molar-refractivity contribution in [3.63, 3.8) is 0 Å². The van der Waals surface area contributed by atoms with Crippen molar-refractivity contribution in [2.24, 2.45) is 9.98 Å². The van der Waals surface area contributed by atoms with Crippen LogP contribution in [-0.4, -0.2) is 43.8 Å². The summed E-state index contributed by atoms with van der Waals surface area (Å²) in [6, 6.07) is 19.4. The van der Waals surface area contributed by atoms with Crippen LogP contribution in [0.5, 0.6) is 23.0 Å². The van der Waals surface area contributed by atoms with E-state index in [4.69, 9.17) is 30.4 Å². The van der Waals surface area contributed by atoms with Gasteiger partial charge in [-0.25, -0.2) is 0 Å². The molecule has 0 aliphatic heterocycles. The van der Waals surface area contributed by atoms with E-state index in [2.05, 4.69) is 77.9 Å². The summed E-state index contributed by atoms with van der Waals surface area (Å²) in [6.45, 7) is 16.7. The van der Waals surface area contributed by atoms with E-state index in [-0.39, 0.29) is 27.6 Å². The number of hydrogen-bond acceptors (Lipinski definition) is 10. The van der Waals surface area contributed by atoms with Gasteiger partial charge in [-0.2, -0.15) is 0 Å². The normalized spacial score (nSPS) is 11.2. The van der Waals surface area contributed by atoms with Gasteiger partial charge in [0, 0.05) is 11.1 Å². The Morgan fingerprint density at radius 2 is 0.769 bits per heavy atom. The molecule has 4 aromatic carbocycles. The molecular formula is C54H74N2NiO8. The second kappa shape index (κ2) is 31.7. The molecule has 4 aromatic rings. The Balaban J connectivity index is 0.000000680. The standard InChI is InChI=1S/C38H60N2.2C8H8O4.Ni/c1-7-13-15-17-23-37(39-35-27-31(19-9-3)25-32(28-35)20-10-4)38(24-18-16-14-8-2)40-36-29-33(21-11-5)26-34(30-36)22-12-6;2*1-4-2-3-5(9)7(10)6(4)8(11)12;/h25-30H,7-24H2,1-6H3;2*2-3,9-10H,1H3,(H,11,12);/q;;;+2/p-2. The van der Waals surface area contributed by atoms with Gasteiger partial charge in [0.15, 0.2) is 23.0 Å². The molecular weight excluding hydrogens is 863 g/mol. The molecule has 0 spiro atoms. The number of unbranched alkanes of at least 4 members (excludes halogenated alkanes) is 6. The van der Waals surface area contributed by atoms with Crippen molar-refractivity contribution in [1.29, 1.82) is 0 Å². The molecule has 65 heavy (non-hydrogen) atoms. The number of phenols is 4. The monoisotopic (exact) mass is 936 g/mol. The summed E-state index contributed by atoms with van der Waals surface area (Å²) >= 11 is 0. The Kier molecular flexibility index (Phi) is 28.2. The van der Waals surface area contributed by atoms with E-state index in [0.29, 0.717) is 11.1 Å². The number of aromatic carboxylic acids is 2. The van der Waals surface area contributed by atoms with E-state index >= 15 is 0 Å². The maximum Gasteiger partial charge on any atom is 2.00 e. The van der Waals surface area contributed by atoms with Crippen molar-refractivity contribution in [2.45, 2.75) is 171 Å². The summed E-state index contributed by atoms with van der Waals surface area (Å²) in [5.41, 5.74) is 10.4. The van der Waals surface area contributed by atoms with E-state index < -0.39 is 34.9 Å². The fourth-order valence-electron chi connectivity index (χ4n) is 7.50. The SMILES string of the molecule is CCCCCCC(=Nc1cc(CCC)cc(CCC)c1)C(CCCCCC)=Nc1cc(CCC)cc(CCC)c1.Cc1ccc(O)c(O)c1C(=O)[O-].Cc1ccc(O)c(O)c1C(=O)[O-].[Ni+2]. The molecule has 4 N–H and O–H groups in total. The molecule has 358 valence electrons. The zero-order chi connectivity index (χ0) is 47.6. The number of carboxylic acid groups (broad SMARTS) is 2. The molecule has 0 saturated carbocycles. The molecule has 0 aliphatic carbocycles. The molecule has 11 heteroatoms. The molecule has 0 unspecified atom stereocenters. The number of benzene rings is 4. The van der Waals surface area contributed by atoms with Crippen molar-refractivity contribution < 1.29 is 56.7 Å². The number of aryl methyl sites for hydroxylation is 6. The molecule has 0 radical (unpaired) electrons. The first-order chi connectivity index (χ1) is 30.6. The van der Waals surface area contributed by atoms with Gasteiger partial charge >= 0.3 is 16.5 Å². The van der Waals surface area contributed by atoms with Gasteiger partial charge in [-0.05, 0) is 135 Å². The van der Waals surface area contributed by atoms with Crippen molar-refractivity contribution in [3.05, 3.63) is 105 Å². The maximum absolute atomic E-state index is 10.4. The minimum absolute atomic E-state index is 0. The molecule has 4 rings (SSSR count). The maximum atomic E-state index is 10.4. The minimum Gasteiger partial charge on any atom is -0.545 e. The minimum atomic E-state index is -1.50. The quantitative estimate of drug-likeness (QED) is 0.0245. The molecule has 0 heterocycles. The Morgan fingerprint density at radius 1 is 0.462 bits per heavy atom. The molecule has 0 saturated heterocycles.